The van der Waals surface area contributed by atoms with E-state index in [0.717, 1.165) is 0 Å². The second kappa shape index (κ2) is 5.72. The predicted molar refractivity (Wildman–Crippen MR) is 64.5 cm³/mol. The van der Waals surface area contributed by atoms with Gasteiger partial charge in [-0.25, -0.2) is 0 Å². The van der Waals surface area contributed by atoms with Crippen LogP contribution in [-0.4, -0.2) is 35.6 Å². The van der Waals surface area contributed by atoms with Crippen LogP contribution in [0.15, 0.2) is 18.2 Å². The number of para-hydroxylation sites is 1. The van der Waals surface area contributed by atoms with Crippen LogP contribution in [-0.2, 0) is 0 Å². The van der Waals surface area contributed by atoms with E-state index in [2.05, 4.69) is 0 Å². The molecule has 16 heavy (non-hydrogen) atoms. The molecule has 0 aliphatic rings. The van der Waals surface area contributed by atoms with E-state index in [1.165, 1.54) is 4.90 Å². The van der Waals surface area contributed by atoms with Crippen molar-refractivity contribution < 1.29 is 9.90 Å². The number of halogens is 1. The molecule has 0 saturated carbocycles. The van der Waals surface area contributed by atoms with E-state index in [9.17, 15) is 4.79 Å². The van der Waals surface area contributed by atoms with E-state index in [4.69, 9.17) is 22.4 Å². The van der Waals surface area contributed by atoms with Crippen molar-refractivity contribution in [2.75, 3.05) is 25.4 Å². The summed E-state index contributed by atoms with van der Waals surface area (Å²) in [5, 5.41) is 9.20. The van der Waals surface area contributed by atoms with E-state index >= 15 is 0 Å². The molecule has 0 fully saturated rings. The number of aliphatic hydroxyl groups excluding tert-OH is 1. The van der Waals surface area contributed by atoms with Crippen LogP contribution in [0.4, 0.5) is 5.69 Å². The Morgan fingerprint density at radius 1 is 1.56 bits per heavy atom. The van der Waals surface area contributed by atoms with Gasteiger partial charge in [0.2, 0.25) is 0 Å². The number of nitrogen functional groups attached to an aromatic ring is 1. The summed E-state index contributed by atoms with van der Waals surface area (Å²) in [4.78, 5) is 13.5. The van der Waals surface area contributed by atoms with Gasteiger partial charge in [0.05, 0.1) is 22.9 Å². The van der Waals surface area contributed by atoms with Crippen LogP contribution >= 0.6 is 11.6 Å². The first-order chi connectivity index (χ1) is 7.61. The highest BCUT2D eigenvalue weighted by atomic mass is 35.5. The molecule has 0 unspecified atom stereocenters. The molecule has 0 bridgehead atoms. The third kappa shape index (κ3) is 2.65. The molecular weight excluding hydrogens is 228 g/mol. The minimum absolute atomic E-state index is 0.0694. The maximum atomic E-state index is 12.0. The highest BCUT2D eigenvalue weighted by molar-refractivity contribution is 6.33. The summed E-state index contributed by atoms with van der Waals surface area (Å²) in [6.45, 7) is 2.58. The zero-order valence-electron chi connectivity index (χ0n) is 9.11. The van der Waals surface area contributed by atoms with E-state index in [1.54, 1.807) is 18.2 Å². The Labute approximate surface area is 99.6 Å². The summed E-state index contributed by atoms with van der Waals surface area (Å²) >= 11 is 5.84. The minimum Gasteiger partial charge on any atom is -0.397 e. The molecule has 1 aromatic carbocycles. The number of carbonyl (C=O) groups is 1. The number of hydrogen-bond acceptors (Lipinski definition) is 3. The van der Waals surface area contributed by atoms with Gasteiger partial charge in [-0.2, -0.15) is 0 Å². The summed E-state index contributed by atoms with van der Waals surface area (Å²) in [6.07, 6.45) is 0. The Hall–Kier alpha value is -1.26. The maximum absolute atomic E-state index is 12.0. The molecule has 0 heterocycles. The van der Waals surface area contributed by atoms with Gasteiger partial charge in [0, 0.05) is 13.1 Å². The summed E-state index contributed by atoms with van der Waals surface area (Å²) in [6, 6.07) is 4.94. The van der Waals surface area contributed by atoms with Gasteiger partial charge in [0.15, 0.2) is 0 Å². The van der Waals surface area contributed by atoms with Crippen molar-refractivity contribution >= 4 is 23.2 Å². The van der Waals surface area contributed by atoms with Gasteiger partial charge in [-0.05, 0) is 19.1 Å². The smallest absolute Gasteiger partial charge is 0.256 e. The third-order valence-corrected chi connectivity index (χ3v) is 2.65. The number of carbonyl (C=O) groups excluding carboxylic acids is 1. The van der Waals surface area contributed by atoms with Crippen molar-refractivity contribution in [2.45, 2.75) is 6.92 Å². The number of anilines is 1. The van der Waals surface area contributed by atoms with Crippen LogP contribution in [0.1, 0.15) is 17.3 Å². The monoisotopic (exact) mass is 242 g/mol. The zero-order chi connectivity index (χ0) is 12.1. The second-order valence-corrected chi connectivity index (χ2v) is 3.72. The number of nitrogens with two attached hydrogens (primary N) is 1. The average molecular weight is 243 g/mol. The molecule has 3 N–H and O–H groups in total. The van der Waals surface area contributed by atoms with Crippen molar-refractivity contribution in [3.63, 3.8) is 0 Å². The largest absolute Gasteiger partial charge is 0.397 e. The number of aliphatic hydroxyl groups is 1. The lowest BCUT2D eigenvalue weighted by Crippen LogP contribution is -2.33. The first-order valence-corrected chi connectivity index (χ1v) is 5.43. The fraction of sp³-hybridized carbons (Fsp3) is 0.364. The molecule has 0 atom stereocenters. The molecule has 4 nitrogen and oxygen atoms in total. The number of amides is 1. The molecule has 1 aromatic rings. The number of rotatable bonds is 4. The third-order valence-electron chi connectivity index (χ3n) is 2.32. The molecule has 0 aliphatic heterocycles. The molecule has 1 rings (SSSR count). The zero-order valence-corrected chi connectivity index (χ0v) is 9.87. The van der Waals surface area contributed by atoms with E-state index in [1.807, 2.05) is 6.92 Å². The lowest BCUT2D eigenvalue weighted by Gasteiger charge is -2.20. The summed E-state index contributed by atoms with van der Waals surface area (Å²) < 4.78 is 0. The Morgan fingerprint density at radius 3 is 2.81 bits per heavy atom. The van der Waals surface area contributed by atoms with Gasteiger partial charge in [0.1, 0.15) is 0 Å². The summed E-state index contributed by atoms with van der Waals surface area (Å²) in [5.41, 5.74) is 6.39. The number of nitrogens with zero attached hydrogens (tertiary/aromatic N) is 1. The van der Waals surface area contributed by atoms with Gasteiger partial charge in [-0.3, -0.25) is 4.79 Å². The van der Waals surface area contributed by atoms with Crippen molar-refractivity contribution in [3.8, 4) is 0 Å². The van der Waals surface area contributed by atoms with Gasteiger partial charge in [-0.15, -0.1) is 0 Å². The van der Waals surface area contributed by atoms with E-state index < -0.39 is 0 Å². The van der Waals surface area contributed by atoms with Crippen LogP contribution in [0.3, 0.4) is 0 Å². The first-order valence-electron chi connectivity index (χ1n) is 5.06. The molecule has 0 aliphatic carbocycles. The van der Waals surface area contributed by atoms with Crippen LogP contribution in [0.25, 0.3) is 0 Å². The van der Waals surface area contributed by atoms with E-state index in [-0.39, 0.29) is 18.2 Å². The number of benzene rings is 1. The van der Waals surface area contributed by atoms with Gasteiger partial charge in [-0.1, -0.05) is 17.7 Å². The molecule has 0 saturated heterocycles. The van der Waals surface area contributed by atoms with Crippen molar-refractivity contribution in [1.82, 2.24) is 4.90 Å². The molecule has 5 heteroatoms. The highest BCUT2D eigenvalue weighted by Gasteiger charge is 2.17. The fourth-order valence-electron chi connectivity index (χ4n) is 1.42. The standard InChI is InChI=1S/C11H15ClN2O2/c1-2-14(6-7-15)11(16)8-4-3-5-9(12)10(8)13/h3-5,15H,2,6-7,13H2,1H3. The lowest BCUT2D eigenvalue weighted by atomic mass is 10.1. The normalized spacial score (nSPS) is 10.2. The Kier molecular flexibility index (Phi) is 4.58. The second-order valence-electron chi connectivity index (χ2n) is 3.31. The average Bonchev–Trinajstić information content (AvgIpc) is 2.29. The summed E-state index contributed by atoms with van der Waals surface area (Å²) in [7, 11) is 0. The fourth-order valence-corrected chi connectivity index (χ4v) is 1.59. The molecule has 0 aromatic heterocycles. The Balaban J connectivity index is 2.99. The van der Waals surface area contributed by atoms with Crippen LogP contribution in [0.5, 0.6) is 0 Å². The Morgan fingerprint density at radius 2 is 2.25 bits per heavy atom. The molecule has 88 valence electrons. The minimum atomic E-state index is -0.212. The van der Waals surface area contributed by atoms with Crippen LogP contribution in [0, 0.1) is 0 Å². The number of likely N-dealkylation sites (N-methyl/N-ethyl adjacent to an activating group) is 1. The van der Waals surface area contributed by atoms with Gasteiger partial charge >= 0.3 is 0 Å². The number of hydrogen-bond donors (Lipinski definition) is 2. The predicted octanol–water partition coefficient (Wildman–Crippen LogP) is 1.38. The molecule has 0 radical (unpaired) electrons. The SMILES string of the molecule is CCN(CCO)C(=O)c1cccc(Cl)c1N. The molecule has 0 spiro atoms. The van der Waals surface area contributed by atoms with Crippen molar-refractivity contribution in [2.24, 2.45) is 0 Å². The van der Waals surface area contributed by atoms with E-state index in [0.29, 0.717) is 23.7 Å². The molecule has 1 amide bonds. The maximum Gasteiger partial charge on any atom is 0.256 e. The lowest BCUT2D eigenvalue weighted by molar-refractivity contribution is 0.0733. The molecular formula is C11H15ClN2O2. The summed E-state index contributed by atoms with van der Waals surface area (Å²) in [5.74, 6) is -0.212. The Bertz CT molecular complexity index is 382. The highest BCUT2D eigenvalue weighted by Crippen LogP contribution is 2.23. The van der Waals surface area contributed by atoms with Crippen LogP contribution < -0.4 is 5.73 Å². The van der Waals surface area contributed by atoms with Crippen LogP contribution in [0.2, 0.25) is 5.02 Å². The van der Waals surface area contributed by atoms with Gasteiger partial charge in [0.25, 0.3) is 5.91 Å². The van der Waals surface area contributed by atoms with Gasteiger partial charge < -0.3 is 15.7 Å². The van der Waals surface area contributed by atoms with Crippen molar-refractivity contribution in [3.05, 3.63) is 28.8 Å². The van der Waals surface area contributed by atoms with Crippen molar-refractivity contribution in [1.29, 1.82) is 0 Å². The quantitative estimate of drug-likeness (QED) is 0.784. The first kappa shape index (κ1) is 12.8. The topological polar surface area (TPSA) is 66.6 Å².